The Balaban J connectivity index is 3.45. The van der Waals surface area contributed by atoms with Crippen LogP contribution in [0.25, 0.3) is 5.57 Å². The fraction of sp³-hybridized carbons (Fsp3) is 0.308. The van der Waals surface area contributed by atoms with Gasteiger partial charge in [0.05, 0.1) is 0 Å². The summed E-state index contributed by atoms with van der Waals surface area (Å²) in [5, 5.41) is 0. The van der Waals surface area contributed by atoms with Crippen LogP contribution in [-0.4, -0.2) is 12.8 Å². The van der Waals surface area contributed by atoms with Gasteiger partial charge in [0.2, 0.25) is 0 Å². The minimum atomic E-state index is 1.07. The van der Waals surface area contributed by atoms with Crippen molar-refractivity contribution in [3.63, 3.8) is 0 Å². The van der Waals surface area contributed by atoms with E-state index in [1.807, 2.05) is 20.9 Å². The number of hydrogen-bond donors (Lipinski definition) is 0. The Kier molecular flexibility index (Phi) is 3.23. The first-order valence-corrected chi connectivity index (χ1v) is 4.77. The minimum Gasteiger partial charge on any atom is -0.293 e. The molecule has 0 fully saturated rings. The van der Waals surface area contributed by atoms with E-state index < -0.39 is 0 Å². The highest BCUT2D eigenvalue weighted by molar-refractivity contribution is 6.03. The molecule has 0 heterocycles. The van der Waals surface area contributed by atoms with Crippen LogP contribution in [0.5, 0.6) is 0 Å². The predicted octanol–water partition coefficient (Wildman–Crippen LogP) is 3.47. The zero-order chi connectivity index (χ0) is 10.7. The molecule has 1 aromatic carbocycles. The maximum absolute atomic E-state index is 4.24. The molecule has 1 aromatic rings. The van der Waals surface area contributed by atoms with E-state index in [-0.39, 0.29) is 0 Å². The second kappa shape index (κ2) is 4.23. The highest BCUT2D eigenvalue weighted by Crippen LogP contribution is 2.21. The fourth-order valence-electron chi connectivity index (χ4n) is 1.62. The Bertz CT molecular complexity index is 386. The van der Waals surface area contributed by atoms with E-state index in [2.05, 4.69) is 36.7 Å². The van der Waals surface area contributed by atoms with Crippen molar-refractivity contribution in [2.45, 2.75) is 20.8 Å². The normalized spacial score (nSPS) is 11.6. The lowest BCUT2D eigenvalue weighted by Crippen LogP contribution is -2.02. The first-order chi connectivity index (χ1) is 6.57. The molecule has 0 unspecified atom stereocenters. The molecule has 74 valence electrons. The van der Waals surface area contributed by atoms with Gasteiger partial charge in [-0.05, 0) is 31.9 Å². The molecule has 14 heavy (non-hydrogen) atoms. The molecule has 0 radical (unpaired) electrons. The largest absolute Gasteiger partial charge is 0.293 e. The number of aliphatic imine (C=N–C) groups is 1. The Hall–Kier alpha value is -1.37. The van der Waals surface area contributed by atoms with Crippen LogP contribution in [0.4, 0.5) is 0 Å². The van der Waals surface area contributed by atoms with E-state index in [1.165, 1.54) is 16.7 Å². The average Bonchev–Trinajstić information content (AvgIpc) is 2.16. The van der Waals surface area contributed by atoms with Gasteiger partial charge in [0, 0.05) is 18.3 Å². The molecular formula is C13H17N. The van der Waals surface area contributed by atoms with Gasteiger partial charge in [0.15, 0.2) is 0 Å². The van der Waals surface area contributed by atoms with Crippen molar-refractivity contribution in [3.8, 4) is 0 Å². The van der Waals surface area contributed by atoms with Gasteiger partial charge in [-0.15, -0.1) is 0 Å². The third-order valence-corrected chi connectivity index (χ3v) is 2.43. The van der Waals surface area contributed by atoms with Crippen LogP contribution in [-0.2, 0) is 0 Å². The molecule has 1 rings (SSSR count). The minimum absolute atomic E-state index is 1.07. The standard InChI is InChI=1S/C13H17N/c1-9(2)12-8-6-7-10(3)13(12)11(4)14-5/h6-8H,1H2,2-5H3. The lowest BCUT2D eigenvalue weighted by atomic mass is 9.94. The molecule has 0 aromatic heterocycles. The average molecular weight is 187 g/mol. The van der Waals surface area contributed by atoms with Gasteiger partial charge in [-0.1, -0.05) is 30.4 Å². The molecule has 0 aliphatic carbocycles. The topological polar surface area (TPSA) is 12.4 Å². The maximum Gasteiger partial charge on any atom is 0.0394 e. The number of benzene rings is 1. The summed E-state index contributed by atoms with van der Waals surface area (Å²) in [5.41, 5.74) is 5.84. The number of aryl methyl sites for hydroxylation is 1. The lowest BCUT2D eigenvalue weighted by Gasteiger charge is -2.11. The van der Waals surface area contributed by atoms with Crippen molar-refractivity contribution in [1.82, 2.24) is 0 Å². The van der Waals surface area contributed by atoms with Crippen molar-refractivity contribution >= 4 is 11.3 Å². The van der Waals surface area contributed by atoms with E-state index >= 15 is 0 Å². The molecule has 0 spiro atoms. The van der Waals surface area contributed by atoms with E-state index in [0.717, 1.165) is 11.3 Å². The van der Waals surface area contributed by atoms with Crippen LogP contribution >= 0.6 is 0 Å². The monoisotopic (exact) mass is 187 g/mol. The van der Waals surface area contributed by atoms with E-state index in [4.69, 9.17) is 0 Å². The van der Waals surface area contributed by atoms with Gasteiger partial charge in [0.25, 0.3) is 0 Å². The molecule has 0 bridgehead atoms. The summed E-state index contributed by atoms with van der Waals surface area (Å²) in [6, 6.07) is 6.27. The van der Waals surface area contributed by atoms with Crippen LogP contribution in [0.3, 0.4) is 0 Å². The Morgan fingerprint density at radius 1 is 1.29 bits per heavy atom. The van der Waals surface area contributed by atoms with Gasteiger partial charge in [0.1, 0.15) is 0 Å². The van der Waals surface area contributed by atoms with E-state index in [9.17, 15) is 0 Å². The Morgan fingerprint density at radius 3 is 2.43 bits per heavy atom. The van der Waals surface area contributed by atoms with Crippen molar-refractivity contribution in [2.75, 3.05) is 7.05 Å². The molecular weight excluding hydrogens is 170 g/mol. The van der Waals surface area contributed by atoms with Gasteiger partial charge >= 0.3 is 0 Å². The molecule has 0 N–H and O–H groups in total. The first-order valence-electron chi connectivity index (χ1n) is 4.77. The van der Waals surface area contributed by atoms with E-state index in [0.29, 0.717) is 0 Å². The molecule has 0 saturated carbocycles. The molecule has 0 aliphatic heterocycles. The summed E-state index contributed by atoms with van der Waals surface area (Å²) in [4.78, 5) is 4.24. The zero-order valence-corrected chi connectivity index (χ0v) is 9.39. The SMILES string of the molecule is C=C(C)c1cccc(C)c1C(C)=NC. The number of allylic oxidation sites excluding steroid dienone is 1. The van der Waals surface area contributed by atoms with E-state index in [1.54, 1.807) is 0 Å². The van der Waals surface area contributed by atoms with Gasteiger partial charge in [-0.3, -0.25) is 4.99 Å². The molecule has 1 heteroatoms. The van der Waals surface area contributed by atoms with Crippen LogP contribution in [0.1, 0.15) is 30.5 Å². The Labute approximate surface area is 86.2 Å². The summed E-state index contributed by atoms with van der Waals surface area (Å²) < 4.78 is 0. The number of hydrogen-bond acceptors (Lipinski definition) is 1. The van der Waals surface area contributed by atoms with Crippen LogP contribution in [0, 0.1) is 6.92 Å². The predicted molar refractivity (Wildman–Crippen MR) is 64.0 cm³/mol. The summed E-state index contributed by atoms with van der Waals surface area (Å²) in [5.74, 6) is 0. The zero-order valence-electron chi connectivity index (χ0n) is 9.39. The summed E-state index contributed by atoms with van der Waals surface area (Å²) in [6.07, 6.45) is 0. The second-order valence-corrected chi connectivity index (χ2v) is 3.59. The number of nitrogens with zero attached hydrogens (tertiary/aromatic N) is 1. The molecule has 0 atom stereocenters. The van der Waals surface area contributed by atoms with Crippen LogP contribution < -0.4 is 0 Å². The molecule has 0 amide bonds. The lowest BCUT2D eigenvalue weighted by molar-refractivity contribution is 1.35. The first kappa shape index (κ1) is 10.7. The van der Waals surface area contributed by atoms with Crippen molar-refractivity contribution in [3.05, 3.63) is 41.5 Å². The van der Waals surface area contributed by atoms with Gasteiger partial charge < -0.3 is 0 Å². The summed E-state index contributed by atoms with van der Waals surface area (Å²) in [7, 11) is 1.82. The molecule has 0 aliphatic rings. The summed E-state index contributed by atoms with van der Waals surface area (Å²) in [6.45, 7) is 10.2. The van der Waals surface area contributed by atoms with Crippen molar-refractivity contribution in [1.29, 1.82) is 0 Å². The van der Waals surface area contributed by atoms with Crippen LogP contribution in [0.2, 0.25) is 0 Å². The Morgan fingerprint density at radius 2 is 1.93 bits per heavy atom. The van der Waals surface area contributed by atoms with Crippen molar-refractivity contribution < 1.29 is 0 Å². The van der Waals surface area contributed by atoms with Gasteiger partial charge in [-0.2, -0.15) is 0 Å². The second-order valence-electron chi connectivity index (χ2n) is 3.59. The summed E-state index contributed by atoms with van der Waals surface area (Å²) >= 11 is 0. The maximum atomic E-state index is 4.24. The molecule has 1 nitrogen and oxygen atoms in total. The van der Waals surface area contributed by atoms with Crippen LogP contribution in [0.15, 0.2) is 29.8 Å². The highest BCUT2D eigenvalue weighted by atomic mass is 14.7. The fourth-order valence-corrected chi connectivity index (χ4v) is 1.62. The quantitative estimate of drug-likeness (QED) is 0.629. The molecule has 0 saturated heterocycles. The third-order valence-electron chi connectivity index (χ3n) is 2.43. The highest BCUT2D eigenvalue weighted by Gasteiger charge is 2.07. The number of rotatable bonds is 2. The van der Waals surface area contributed by atoms with Gasteiger partial charge in [-0.25, -0.2) is 0 Å². The third kappa shape index (κ3) is 1.92. The smallest absolute Gasteiger partial charge is 0.0394 e. The van der Waals surface area contributed by atoms with Crippen molar-refractivity contribution in [2.24, 2.45) is 4.99 Å².